The second-order valence-electron chi connectivity index (χ2n) is 4.42. The van der Waals surface area contributed by atoms with E-state index in [9.17, 15) is 5.11 Å². The Bertz CT molecular complexity index is 371. The van der Waals surface area contributed by atoms with Gasteiger partial charge in [0.15, 0.2) is 5.82 Å². The van der Waals surface area contributed by atoms with Crippen LogP contribution >= 0.6 is 0 Å². The summed E-state index contributed by atoms with van der Waals surface area (Å²) in [6.45, 7) is 4.51. The Morgan fingerprint density at radius 2 is 2.00 bits per heavy atom. The highest BCUT2D eigenvalue weighted by Crippen LogP contribution is 2.14. The first kappa shape index (κ1) is 14.7. The fraction of sp³-hybridized carbons (Fsp3) is 0.667. The minimum absolute atomic E-state index is 0.0278. The van der Waals surface area contributed by atoms with E-state index in [1.165, 1.54) is 0 Å². The molecule has 0 fully saturated rings. The lowest BCUT2D eigenvalue weighted by Gasteiger charge is -2.21. The largest absolute Gasteiger partial charge is 0.394 e. The summed E-state index contributed by atoms with van der Waals surface area (Å²) in [5, 5.41) is 15.5. The van der Waals surface area contributed by atoms with Crippen molar-refractivity contribution in [3.05, 3.63) is 11.9 Å². The molecule has 0 saturated carbocycles. The average molecular weight is 254 g/mol. The van der Waals surface area contributed by atoms with Gasteiger partial charge in [-0.05, 0) is 5.92 Å². The number of methoxy groups -OCH3 is 1. The lowest BCUT2D eigenvalue weighted by atomic mass is 10.1. The molecular weight excluding hydrogens is 232 g/mol. The molecule has 1 heterocycles. The maximum Gasteiger partial charge on any atom is 0.158 e. The summed E-state index contributed by atoms with van der Waals surface area (Å²) in [6, 6.07) is 1.78. The molecule has 0 radical (unpaired) electrons. The molecule has 0 saturated heterocycles. The number of aliphatic hydroxyl groups is 1. The van der Waals surface area contributed by atoms with E-state index in [1.807, 2.05) is 19.9 Å². The Hall–Kier alpha value is -1.40. The third-order valence-electron chi connectivity index (χ3n) is 2.64. The van der Waals surface area contributed by atoms with Gasteiger partial charge in [-0.2, -0.15) is 0 Å². The van der Waals surface area contributed by atoms with Crippen molar-refractivity contribution in [3.63, 3.8) is 0 Å². The molecule has 1 aromatic rings. The van der Waals surface area contributed by atoms with Crippen LogP contribution in [-0.4, -0.2) is 41.9 Å². The number of hydrogen-bond donors (Lipinski definition) is 3. The molecule has 0 aliphatic heterocycles. The highest BCUT2D eigenvalue weighted by atomic mass is 16.5. The zero-order valence-corrected chi connectivity index (χ0v) is 11.4. The summed E-state index contributed by atoms with van der Waals surface area (Å²) in [5.41, 5.74) is 0. The van der Waals surface area contributed by atoms with Gasteiger partial charge in [0.2, 0.25) is 0 Å². The molecule has 3 N–H and O–H groups in total. The molecule has 0 aromatic carbocycles. The van der Waals surface area contributed by atoms with Crippen molar-refractivity contribution >= 4 is 11.6 Å². The van der Waals surface area contributed by atoms with Gasteiger partial charge in [-0.25, -0.2) is 9.97 Å². The summed E-state index contributed by atoms with van der Waals surface area (Å²) in [4.78, 5) is 8.61. The quantitative estimate of drug-likeness (QED) is 0.676. The lowest BCUT2D eigenvalue weighted by molar-refractivity contribution is 0.178. The number of nitrogens with zero attached hydrogens (tertiary/aromatic N) is 2. The van der Waals surface area contributed by atoms with E-state index in [2.05, 4.69) is 20.6 Å². The van der Waals surface area contributed by atoms with Crippen molar-refractivity contribution < 1.29 is 9.84 Å². The van der Waals surface area contributed by atoms with E-state index in [0.29, 0.717) is 24.2 Å². The minimum Gasteiger partial charge on any atom is -0.394 e. The summed E-state index contributed by atoms with van der Waals surface area (Å²) in [5.74, 6) is 2.33. The summed E-state index contributed by atoms with van der Waals surface area (Å²) < 4.78 is 5.03. The van der Waals surface area contributed by atoms with Crippen molar-refractivity contribution in [2.24, 2.45) is 5.92 Å². The van der Waals surface area contributed by atoms with E-state index in [1.54, 1.807) is 14.2 Å². The maximum atomic E-state index is 9.31. The van der Waals surface area contributed by atoms with Crippen LogP contribution in [0.4, 0.5) is 11.6 Å². The molecule has 0 spiro atoms. The van der Waals surface area contributed by atoms with Gasteiger partial charge >= 0.3 is 0 Å². The van der Waals surface area contributed by atoms with E-state index in [4.69, 9.17) is 4.74 Å². The monoisotopic (exact) mass is 254 g/mol. The summed E-state index contributed by atoms with van der Waals surface area (Å²) >= 11 is 0. The molecule has 1 rings (SSSR count). The van der Waals surface area contributed by atoms with Crippen LogP contribution in [0.2, 0.25) is 0 Å². The topological polar surface area (TPSA) is 79.3 Å². The molecule has 102 valence electrons. The Labute approximate surface area is 108 Å². The van der Waals surface area contributed by atoms with E-state index in [0.717, 1.165) is 5.82 Å². The lowest BCUT2D eigenvalue weighted by Crippen LogP contribution is -2.30. The number of rotatable bonds is 7. The molecular formula is C12H22N4O2. The summed E-state index contributed by atoms with van der Waals surface area (Å²) in [6.07, 6.45) is 0. The smallest absolute Gasteiger partial charge is 0.158 e. The molecule has 0 aliphatic rings. The SMILES string of the molecule is CNc1cc(N[C@H](CO)C(C)C)nc(COC)n1. The fourth-order valence-electron chi connectivity index (χ4n) is 1.51. The van der Waals surface area contributed by atoms with Gasteiger partial charge in [-0.15, -0.1) is 0 Å². The second-order valence-corrected chi connectivity index (χ2v) is 4.42. The first-order chi connectivity index (χ1) is 8.60. The van der Waals surface area contributed by atoms with Crippen LogP contribution in [0.1, 0.15) is 19.7 Å². The van der Waals surface area contributed by atoms with Crippen LogP contribution in [0.25, 0.3) is 0 Å². The fourth-order valence-corrected chi connectivity index (χ4v) is 1.51. The summed E-state index contributed by atoms with van der Waals surface area (Å²) in [7, 11) is 3.40. The average Bonchev–Trinajstić information content (AvgIpc) is 2.35. The molecule has 0 unspecified atom stereocenters. The molecule has 0 amide bonds. The van der Waals surface area contributed by atoms with Crippen LogP contribution in [0.3, 0.4) is 0 Å². The zero-order chi connectivity index (χ0) is 13.5. The molecule has 6 nitrogen and oxygen atoms in total. The standard InChI is InChI=1S/C12H22N4O2/c1-8(2)9(6-17)14-11-5-10(13-3)15-12(16-11)7-18-4/h5,8-9,17H,6-7H2,1-4H3,(H2,13,14,15,16)/t9-/m1/s1. The van der Waals surface area contributed by atoms with Gasteiger partial charge in [0.05, 0.1) is 12.6 Å². The van der Waals surface area contributed by atoms with Gasteiger partial charge in [0.25, 0.3) is 0 Å². The Balaban J connectivity index is 2.89. The molecule has 18 heavy (non-hydrogen) atoms. The van der Waals surface area contributed by atoms with Crippen molar-refractivity contribution in [2.75, 3.05) is 31.4 Å². The van der Waals surface area contributed by atoms with Crippen LogP contribution in [-0.2, 0) is 11.3 Å². The third-order valence-corrected chi connectivity index (χ3v) is 2.64. The van der Waals surface area contributed by atoms with Crippen LogP contribution in [0.5, 0.6) is 0 Å². The molecule has 1 aromatic heterocycles. The van der Waals surface area contributed by atoms with E-state index in [-0.39, 0.29) is 12.6 Å². The predicted molar refractivity (Wildman–Crippen MR) is 71.6 cm³/mol. The first-order valence-electron chi connectivity index (χ1n) is 6.02. The number of aliphatic hydroxyl groups excluding tert-OH is 1. The Morgan fingerprint density at radius 1 is 1.33 bits per heavy atom. The molecule has 0 bridgehead atoms. The third kappa shape index (κ3) is 4.12. The molecule has 0 aliphatic carbocycles. The van der Waals surface area contributed by atoms with Crippen molar-refractivity contribution in [2.45, 2.75) is 26.5 Å². The van der Waals surface area contributed by atoms with Crippen molar-refractivity contribution in [1.29, 1.82) is 0 Å². The predicted octanol–water partition coefficient (Wildman–Crippen LogP) is 1.09. The van der Waals surface area contributed by atoms with Crippen molar-refractivity contribution in [1.82, 2.24) is 9.97 Å². The Kier molecular flexibility index (Phi) is 5.80. The number of ether oxygens (including phenoxy) is 1. The van der Waals surface area contributed by atoms with E-state index >= 15 is 0 Å². The minimum atomic E-state index is -0.0278. The highest BCUT2D eigenvalue weighted by molar-refractivity contribution is 5.47. The van der Waals surface area contributed by atoms with Crippen molar-refractivity contribution in [3.8, 4) is 0 Å². The number of nitrogens with one attached hydrogen (secondary N) is 2. The van der Waals surface area contributed by atoms with Gasteiger partial charge in [0.1, 0.15) is 18.2 Å². The molecule has 1 atom stereocenters. The van der Waals surface area contributed by atoms with Gasteiger partial charge < -0.3 is 20.5 Å². The second kappa shape index (κ2) is 7.13. The highest BCUT2D eigenvalue weighted by Gasteiger charge is 2.13. The van der Waals surface area contributed by atoms with Gasteiger partial charge in [0, 0.05) is 20.2 Å². The van der Waals surface area contributed by atoms with Crippen LogP contribution in [0.15, 0.2) is 6.07 Å². The number of hydrogen-bond acceptors (Lipinski definition) is 6. The van der Waals surface area contributed by atoms with Crippen LogP contribution < -0.4 is 10.6 Å². The number of anilines is 2. The van der Waals surface area contributed by atoms with Gasteiger partial charge in [-0.1, -0.05) is 13.8 Å². The molecule has 6 heteroatoms. The van der Waals surface area contributed by atoms with E-state index < -0.39 is 0 Å². The Morgan fingerprint density at radius 3 is 2.50 bits per heavy atom. The van der Waals surface area contributed by atoms with Gasteiger partial charge in [-0.3, -0.25) is 0 Å². The zero-order valence-electron chi connectivity index (χ0n) is 11.4. The normalized spacial score (nSPS) is 12.6. The van der Waals surface area contributed by atoms with Crippen LogP contribution in [0, 0.1) is 5.92 Å². The maximum absolute atomic E-state index is 9.31. The number of aromatic nitrogens is 2. The first-order valence-corrected chi connectivity index (χ1v) is 6.02.